The van der Waals surface area contributed by atoms with Gasteiger partial charge in [-0.15, -0.1) is 0 Å². The molecule has 0 radical (unpaired) electrons. The highest BCUT2D eigenvalue weighted by Crippen LogP contribution is 2.28. The minimum absolute atomic E-state index is 0.0120. The van der Waals surface area contributed by atoms with Crippen LogP contribution in [0.2, 0.25) is 0 Å². The van der Waals surface area contributed by atoms with Crippen molar-refractivity contribution < 1.29 is 29.2 Å². The lowest BCUT2D eigenvalue weighted by molar-refractivity contribution is -0.477. The fraction of sp³-hybridized carbons (Fsp3) is 0.370. The first-order chi connectivity index (χ1) is 18.6. The van der Waals surface area contributed by atoms with Gasteiger partial charge >= 0.3 is 6.47 Å². The number of carbonyl (C=O) groups is 3. The Morgan fingerprint density at radius 1 is 1.15 bits per heavy atom. The first kappa shape index (κ1) is 30.9. The van der Waals surface area contributed by atoms with Crippen molar-refractivity contribution >= 4 is 35.8 Å². The van der Waals surface area contributed by atoms with Gasteiger partial charge in [0.15, 0.2) is 6.61 Å². The topological polar surface area (TPSA) is 172 Å². The van der Waals surface area contributed by atoms with Gasteiger partial charge in [-0.2, -0.15) is 4.89 Å². The van der Waals surface area contributed by atoms with Crippen LogP contribution in [0.4, 0.5) is 5.69 Å². The van der Waals surface area contributed by atoms with E-state index in [1.807, 2.05) is 39.8 Å². The minimum atomic E-state index is -0.501. The number of nitrogens with one attached hydrogen (secondary N) is 5. The Morgan fingerprint density at radius 2 is 1.90 bits per heavy atom. The molecule has 0 saturated carbocycles. The van der Waals surface area contributed by atoms with Crippen molar-refractivity contribution in [1.29, 1.82) is 5.41 Å². The number of allylic oxidation sites excluding steroid dienone is 1. The summed E-state index contributed by atoms with van der Waals surface area (Å²) in [7, 11) is 0. The van der Waals surface area contributed by atoms with Crippen molar-refractivity contribution in [2.75, 3.05) is 18.5 Å². The summed E-state index contributed by atoms with van der Waals surface area (Å²) in [6, 6.07) is 5.42. The maximum absolute atomic E-state index is 13.4. The van der Waals surface area contributed by atoms with Crippen LogP contribution in [0.15, 0.2) is 29.1 Å². The van der Waals surface area contributed by atoms with Gasteiger partial charge in [0.05, 0.1) is 5.56 Å². The largest absolute Gasteiger partial charge is 0.382 e. The number of aromatic amines is 1. The second-order valence-corrected chi connectivity index (χ2v) is 8.96. The molecule has 1 aromatic carbocycles. The van der Waals surface area contributed by atoms with Crippen LogP contribution in [0.5, 0.6) is 0 Å². The van der Waals surface area contributed by atoms with Crippen molar-refractivity contribution in [2.24, 2.45) is 0 Å². The molecule has 5 N–H and O–H groups in total. The highest BCUT2D eigenvalue weighted by molar-refractivity contribution is 6.06. The molecule has 1 aromatic heterocycles. The fourth-order valence-electron chi connectivity index (χ4n) is 3.90. The van der Waals surface area contributed by atoms with Crippen LogP contribution in [-0.2, 0) is 30.9 Å². The number of hydrogen-bond acceptors (Lipinski definition) is 9. The summed E-state index contributed by atoms with van der Waals surface area (Å²) in [5.74, 6) is -0.932. The third kappa shape index (κ3) is 9.20. The second kappa shape index (κ2) is 15.2. The first-order valence-corrected chi connectivity index (χ1v) is 12.4. The summed E-state index contributed by atoms with van der Waals surface area (Å²) in [5, 5.41) is 20.8. The first-order valence-electron chi connectivity index (χ1n) is 12.4. The number of pyridine rings is 1. The number of aryl methyl sites for hydroxylation is 2. The number of amides is 2. The van der Waals surface area contributed by atoms with Crippen LogP contribution in [0, 0.1) is 19.3 Å². The molecule has 0 saturated heterocycles. The van der Waals surface area contributed by atoms with Crippen LogP contribution in [0.3, 0.4) is 0 Å². The average molecular weight is 542 g/mol. The van der Waals surface area contributed by atoms with E-state index in [0.29, 0.717) is 23.2 Å². The van der Waals surface area contributed by atoms with E-state index in [0.717, 1.165) is 28.6 Å². The van der Waals surface area contributed by atoms with Crippen molar-refractivity contribution in [3.05, 3.63) is 68.1 Å². The molecule has 39 heavy (non-hydrogen) atoms. The van der Waals surface area contributed by atoms with Crippen molar-refractivity contribution in [3.8, 4) is 0 Å². The molecule has 2 rings (SSSR count). The summed E-state index contributed by atoms with van der Waals surface area (Å²) in [6.07, 6.45) is 3.52. The summed E-state index contributed by atoms with van der Waals surface area (Å²) in [6.45, 7) is 9.16. The maximum Gasteiger partial charge on any atom is 0.334 e. The summed E-state index contributed by atoms with van der Waals surface area (Å²) in [4.78, 5) is 58.7. The number of H-pyrrole nitrogens is 1. The molecule has 0 spiro atoms. The molecule has 0 aliphatic heterocycles. The molecule has 210 valence electrons. The lowest BCUT2D eigenvalue weighted by Crippen LogP contribution is -2.29. The van der Waals surface area contributed by atoms with Gasteiger partial charge in [0, 0.05) is 47.9 Å². The Morgan fingerprint density at radius 3 is 2.51 bits per heavy atom. The fourth-order valence-corrected chi connectivity index (χ4v) is 3.90. The zero-order valence-corrected chi connectivity index (χ0v) is 22.7. The van der Waals surface area contributed by atoms with Gasteiger partial charge in [0.1, 0.15) is 0 Å². The Hall–Kier alpha value is -4.29. The van der Waals surface area contributed by atoms with Crippen molar-refractivity contribution in [1.82, 2.24) is 15.6 Å². The highest BCUT2D eigenvalue weighted by Gasteiger charge is 2.18. The van der Waals surface area contributed by atoms with Crippen molar-refractivity contribution in [2.45, 2.75) is 53.6 Å². The quantitative estimate of drug-likeness (QED) is 0.0753. The zero-order chi connectivity index (χ0) is 28.9. The van der Waals surface area contributed by atoms with Gasteiger partial charge in [-0.1, -0.05) is 13.0 Å². The summed E-state index contributed by atoms with van der Waals surface area (Å²) < 4.78 is 0. The number of benzene rings is 1. The molecular formula is C27H35N5O7. The second-order valence-electron chi connectivity index (χ2n) is 8.96. The minimum Gasteiger partial charge on any atom is -0.382 e. The van der Waals surface area contributed by atoms with Gasteiger partial charge in [0.25, 0.3) is 11.5 Å². The third-order valence-corrected chi connectivity index (χ3v) is 5.65. The van der Waals surface area contributed by atoms with E-state index in [9.17, 15) is 19.2 Å². The van der Waals surface area contributed by atoms with Gasteiger partial charge < -0.3 is 26.3 Å². The lowest BCUT2D eigenvalue weighted by Gasteiger charge is -2.19. The molecule has 0 aliphatic carbocycles. The molecular weight excluding hydrogens is 506 g/mol. The number of hydrogen-bond donors (Lipinski definition) is 5. The Balaban J connectivity index is 2.33. The highest BCUT2D eigenvalue weighted by atomic mass is 17.5. The van der Waals surface area contributed by atoms with Crippen LogP contribution in [0.25, 0.3) is 5.57 Å². The SMILES string of the molecule is CC/C(=C\CNC(=O)COOOC=O)c1cc(NC(C)C)c(C=N)c(C(=O)NCc2c(C)cc(C)[nH]c2=O)c1. The predicted octanol–water partition coefficient (Wildman–Crippen LogP) is 2.69. The predicted molar refractivity (Wildman–Crippen MR) is 146 cm³/mol. The van der Waals surface area contributed by atoms with Gasteiger partial charge in [-0.3, -0.25) is 24.1 Å². The maximum atomic E-state index is 13.4. The molecule has 12 heteroatoms. The van der Waals surface area contributed by atoms with Crippen LogP contribution < -0.4 is 21.5 Å². The van der Waals surface area contributed by atoms with E-state index in [2.05, 4.69) is 35.7 Å². The Bertz CT molecular complexity index is 1280. The Labute approximate surface area is 226 Å². The smallest absolute Gasteiger partial charge is 0.334 e. The molecule has 0 aliphatic rings. The molecule has 0 atom stereocenters. The standard InChI is InChI=1S/C27H35N5O7/c1-6-19(7-8-29-25(34)14-37-39-38-15-33)20-10-21(22(12-28)24(11-20)31-16(2)3)26(35)30-13-23-17(4)9-18(5)32-27(23)36/h7,9-12,15-16,28,31H,6,8,13-14H2,1-5H3,(H,29,34)(H,30,35)(H,32,36)/b19-7+,28-12?. The van der Waals surface area contributed by atoms with Crippen LogP contribution in [-0.4, -0.2) is 48.7 Å². The lowest BCUT2D eigenvalue weighted by atomic mass is 9.95. The van der Waals surface area contributed by atoms with Gasteiger partial charge in [-0.05, 0) is 74.1 Å². The molecule has 2 amide bonds. The molecule has 12 nitrogen and oxygen atoms in total. The average Bonchev–Trinajstić information content (AvgIpc) is 2.87. The van der Waals surface area contributed by atoms with Gasteiger partial charge in [0.2, 0.25) is 5.91 Å². The monoisotopic (exact) mass is 541 g/mol. The molecule has 0 unspecified atom stereocenters. The molecule has 0 bridgehead atoms. The van der Waals surface area contributed by atoms with Crippen LogP contribution >= 0.6 is 0 Å². The number of rotatable bonds is 15. The Kier molecular flexibility index (Phi) is 12.1. The number of aromatic nitrogens is 1. The van der Waals surface area contributed by atoms with Gasteiger partial charge in [-0.25, -0.2) is 0 Å². The summed E-state index contributed by atoms with van der Waals surface area (Å²) >= 11 is 0. The molecule has 0 fully saturated rings. The molecule has 2 aromatic rings. The zero-order valence-electron chi connectivity index (χ0n) is 22.7. The van der Waals surface area contributed by atoms with E-state index in [1.165, 1.54) is 0 Å². The van der Waals surface area contributed by atoms with E-state index in [-0.39, 0.29) is 36.7 Å². The summed E-state index contributed by atoms with van der Waals surface area (Å²) in [5.41, 5.74) is 4.57. The van der Waals surface area contributed by atoms with Crippen molar-refractivity contribution in [3.63, 3.8) is 0 Å². The van der Waals surface area contributed by atoms with E-state index >= 15 is 0 Å². The number of carbonyl (C=O) groups excluding carboxylic acids is 3. The van der Waals surface area contributed by atoms with Crippen LogP contribution in [0.1, 0.15) is 65.5 Å². The normalized spacial score (nSPS) is 11.2. The van der Waals surface area contributed by atoms with E-state index < -0.39 is 18.4 Å². The molecule has 1 heterocycles. The van der Waals surface area contributed by atoms with E-state index in [4.69, 9.17) is 5.41 Å². The number of anilines is 1. The third-order valence-electron chi connectivity index (χ3n) is 5.65. The van der Waals surface area contributed by atoms with E-state index in [1.54, 1.807) is 19.1 Å².